The van der Waals surface area contributed by atoms with Gasteiger partial charge in [0.1, 0.15) is 12.4 Å². The van der Waals surface area contributed by atoms with E-state index in [2.05, 4.69) is 69.0 Å². The molecule has 1 heterocycles. The van der Waals surface area contributed by atoms with Crippen LogP contribution in [-0.4, -0.2) is 24.6 Å². The number of benzene rings is 3. The topological polar surface area (TPSA) is 21.7 Å². The van der Waals surface area contributed by atoms with Crippen molar-refractivity contribution in [1.82, 2.24) is 4.90 Å². The van der Waals surface area contributed by atoms with Gasteiger partial charge in [0.2, 0.25) is 0 Å². The van der Waals surface area contributed by atoms with Gasteiger partial charge in [-0.2, -0.15) is 0 Å². The second kappa shape index (κ2) is 10.7. The standard InChI is InChI=1S/C29H33Cl2NO2/c1-20-12-25(13-21(2)28(20)34-19-23-10-11-26(30)27(31)14-23)29(3,4)32-15-24(16-32)18-33-17-22-8-6-5-7-9-22/h5-14,24H,15-19H2,1-4H3. The first-order chi connectivity index (χ1) is 16.2. The molecule has 4 rings (SSSR count). The van der Waals surface area contributed by atoms with E-state index in [-0.39, 0.29) is 5.54 Å². The summed E-state index contributed by atoms with van der Waals surface area (Å²) in [4.78, 5) is 2.54. The second-order valence-corrected chi connectivity index (χ2v) is 10.6. The maximum Gasteiger partial charge on any atom is 0.125 e. The van der Waals surface area contributed by atoms with Crippen LogP contribution in [0.5, 0.6) is 5.75 Å². The maximum absolute atomic E-state index is 6.18. The molecule has 0 amide bonds. The van der Waals surface area contributed by atoms with Crippen molar-refractivity contribution in [2.75, 3.05) is 19.7 Å². The molecule has 5 heteroatoms. The predicted octanol–water partition coefficient (Wildman–Crippen LogP) is 7.57. The molecule has 0 spiro atoms. The van der Waals surface area contributed by atoms with Crippen LogP contribution >= 0.6 is 23.2 Å². The molecule has 0 unspecified atom stereocenters. The van der Waals surface area contributed by atoms with Crippen LogP contribution in [0.15, 0.2) is 60.7 Å². The third-order valence-corrected chi connectivity index (χ3v) is 7.49. The summed E-state index contributed by atoms with van der Waals surface area (Å²) in [5, 5.41) is 1.10. The van der Waals surface area contributed by atoms with Crippen molar-refractivity contribution in [2.45, 2.75) is 46.4 Å². The quantitative estimate of drug-likeness (QED) is 0.304. The van der Waals surface area contributed by atoms with E-state index in [1.807, 2.05) is 18.2 Å². The predicted molar refractivity (Wildman–Crippen MR) is 141 cm³/mol. The lowest BCUT2D eigenvalue weighted by atomic mass is 9.84. The van der Waals surface area contributed by atoms with Gasteiger partial charge in [0, 0.05) is 24.5 Å². The Kier molecular flexibility index (Phi) is 7.89. The van der Waals surface area contributed by atoms with Crippen LogP contribution in [0.1, 0.15) is 41.7 Å². The molecule has 3 aromatic carbocycles. The van der Waals surface area contributed by atoms with Crippen molar-refractivity contribution in [3.8, 4) is 5.75 Å². The summed E-state index contributed by atoms with van der Waals surface area (Å²) >= 11 is 12.2. The molecular formula is C29H33Cl2NO2. The summed E-state index contributed by atoms with van der Waals surface area (Å²) in [5.41, 5.74) is 5.78. The van der Waals surface area contributed by atoms with Crippen molar-refractivity contribution in [2.24, 2.45) is 5.92 Å². The Morgan fingerprint density at radius 3 is 2.18 bits per heavy atom. The zero-order valence-corrected chi connectivity index (χ0v) is 21.9. The van der Waals surface area contributed by atoms with Crippen LogP contribution in [0.2, 0.25) is 10.0 Å². The van der Waals surface area contributed by atoms with Crippen LogP contribution < -0.4 is 4.74 Å². The summed E-state index contributed by atoms with van der Waals surface area (Å²) in [5.74, 6) is 1.51. The molecule has 1 saturated heterocycles. The van der Waals surface area contributed by atoms with E-state index in [9.17, 15) is 0 Å². The lowest BCUT2D eigenvalue weighted by Crippen LogP contribution is -2.56. The summed E-state index contributed by atoms with van der Waals surface area (Å²) in [7, 11) is 0. The normalized spacial score (nSPS) is 14.8. The van der Waals surface area contributed by atoms with Gasteiger partial charge in [-0.1, -0.05) is 71.7 Å². The Labute approximate surface area is 213 Å². The SMILES string of the molecule is Cc1cc(C(C)(C)N2CC(COCc3ccccc3)C2)cc(C)c1OCc1ccc(Cl)c(Cl)c1. The van der Waals surface area contributed by atoms with Gasteiger partial charge in [-0.05, 0) is 67.6 Å². The Hall–Kier alpha value is -2.04. The molecule has 180 valence electrons. The molecule has 0 aromatic heterocycles. The van der Waals surface area contributed by atoms with Gasteiger partial charge in [-0.25, -0.2) is 0 Å². The van der Waals surface area contributed by atoms with Crippen molar-refractivity contribution in [3.05, 3.63) is 98.5 Å². The molecule has 0 N–H and O–H groups in total. The maximum atomic E-state index is 6.18. The van der Waals surface area contributed by atoms with Crippen LogP contribution in [-0.2, 0) is 23.5 Å². The fourth-order valence-corrected chi connectivity index (χ4v) is 4.87. The highest BCUT2D eigenvalue weighted by atomic mass is 35.5. The lowest BCUT2D eigenvalue weighted by Gasteiger charge is -2.49. The molecule has 0 bridgehead atoms. The first-order valence-electron chi connectivity index (χ1n) is 11.8. The molecule has 1 aliphatic rings. The van der Waals surface area contributed by atoms with Crippen molar-refractivity contribution < 1.29 is 9.47 Å². The molecule has 0 radical (unpaired) electrons. The average Bonchev–Trinajstić information content (AvgIpc) is 2.77. The Bertz CT molecular complexity index is 1100. The number of halogens is 2. The Morgan fingerprint density at radius 1 is 0.853 bits per heavy atom. The fraction of sp³-hybridized carbons (Fsp3) is 0.379. The van der Waals surface area contributed by atoms with Crippen LogP contribution in [0.25, 0.3) is 0 Å². The molecule has 34 heavy (non-hydrogen) atoms. The third kappa shape index (κ3) is 5.78. The first-order valence-corrected chi connectivity index (χ1v) is 12.5. The van der Waals surface area contributed by atoms with E-state index < -0.39 is 0 Å². The summed E-state index contributed by atoms with van der Waals surface area (Å²) in [6.07, 6.45) is 0. The number of hydrogen-bond acceptors (Lipinski definition) is 3. The van der Waals surface area contributed by atoms with Crippen molar-refractivity contribution in [3.63, 3.8) is 0 Å². The molecular weight excluding hydrogens is 465 g/mol. The number of nitrogens with zero attached hydrogens (tertiary/aromatic N) is 1. The summed E-state index contributed by atoms with van der Waals surface area (Å²) in [6.45, 7) is 12.9. The van der Waals surface area contributed by atoms with E-state index in [0.29, 0.717) is 29.2 Å². The van der Waals surface area contributed by atoms with E-state index in [1.54, 1.807) is 6.07 Å². The van der Waals surface area contributed by atoms with Gasteiger partial charge in [-0.3, -0.25) is 4.90 Å². The minimum Gasteiger partial charge on any atom is -0.488 e. The van der Waals surface area contributed by atoms with E-state index in [4.69, 9.17) is 32.7 Å². The number of hydrogen-bond donors (Lipinski definition) is 0. The Balaban J connectivity index is 1.33. The molecule has 1 fully saturated rings. The molecule has 1 aliphatic heterocycles. The zero-order chi connectivity index (χ0) is 24.3. The van der Waals surface area contributed by atoms with Crippen molar-refractivity contribution in [1.29, 1.82) is 0 Å². The second-order valence-electron chi connectivity index (χ2n) is 9.81. The van der Waals surface area contributed by atoms with Crippen LogP contribution in [0.3, 0.4) is 0 Å². The average molecular weight is 498 g/mol. The van der Waals surface area contributed by atoms with Gasteiger partial charge in [-0.15, -0.1) is 0 Å². The van der Waals surface area contributed by atoms with E-state index in [0.717, 1.165) is 42.1 Å². The van der Waals surface area contributed by atoms with E-state index in [1.165, 1.54) is 11.1 Å². The molecule has 0 atom stereocenters. The number of aryl methyl sites for hydroxylation is 2. The minimum absolute atomic E-state index is 0.0479. The van der Waals surface area contributed by atoms with Gasteiger partial charge in [0.25, 0.3) is 0 Å². The monoisotopic (exact) mass is 497 g/mol. The molecule has 3 aromatic rings. The first kappa shape index (κ1) is 25.1. The summed E-state index contributed by atoms with van der Waals surface area (Å²) in [6, 6.07) is 20.5. The van der Waals surface area contributed by atoms with Crippen molar-refractivity contribution >= 4 is 23.2 Å². The van der Waals surface area contributed by atoms with Crippen LogP contribution in [0.4, 0.5) is 0 Å². The highest BCUT2D eigenvalue weighted by Crippen LogP contribution is 2.37. The molecule has 3 nitrogen and oxygen atoms in total. The van der Waals surface area contributed by atoms with Gasteiger partial charge in [0.15, 0.2) is 0 Å². The fourth-order valence-electron chi connectivity index (χ4n) is 4.55. The smallest absolute Gasteiger partial charge is 0.125 e. The van der Waals surface area contributed by atoms with Gasteiger partial charge >= 0.3 is 0 Å². The largest absolute Gasteiger partial charge is 0.488 e. The van der Waals surface area contributed by atoms with E-state index >= 15 is 0 Å². The highest BCUT2D eigenvalue weighted by Gasteiger charge is 2.38. The minimum atomic E-state index is -0.0479. The third-order valence-electron chi connectivity index (χ3n) is 6.75. The molecule has 0 saturated carbocycles. The van der Waals surface area contributed by atoms with Gasteiger partial charge < -0.3 is 9.47 Å². The Morgan fingerprint density at radius 2 is 1.53 bits per heavy atom. The number of ether oxygens (including phenoxy) is 2. The van der Waals surface area contributed by atoms with Crippen LogP contribution in [0, 0.1) is 19.8 Å². The number of likely N-dealkylation sites (tertiary alicyclic amines) is 1. The number of rotatable bonds is 9. The van der Waals surface area contributed by atoms with Gasteiger partial charge in [0.05, 0.1) is 23.3 Å². The highest BCUT2D eigenvalue weighted by molar-refractivity contribution is 6.42. The molecule has 0 aliphatic carbocycles. The summed E-state index contributed by atoms with van der Waals surface area (Å²) < 4.78 is 12.1. The lowest BCUT2D eigenvalue weighted by molar-refractivity contribution is -0.0430. The zero-order valence-electron chi connectivity index (χ0n) is 20.4.